The van der Waals surface area contributed by atoms with Gasteiger partial charge < -0.3 is 30.5 Å². The van der Waals surface area contributed by atoms with Crippen molar-refractivity contribution in [1.29, 1.82) is 0 Å². The average Bonchev–Trinajstić information content (AvgIpc) is 4.00. The molecule has 4 N–H and O–H groups in total. The number of hydrogen-bond acceptors (Lipinski definition) is 12. The molecule has 1 unspecified atom stereocenters. The zero-order valence-corrected chi connectivity index (χ0v) is 38.2. The van der Waals surface area contributed by atoms with E-state index in [9.17, 15) is 32.3 Å². The second-order valence-corrected chi connectivity index (χ2v) is 19.4. The molecular weight excluding hydrogens is 872 g/mol. The number of carbonyl (C=O) groups is 4. The van der Waals surface area contributed by atoms with Crippen molar-refractivity contribution in [3.8, 4) is 0 Å². The topological polar surface area (TPSA) is 198 Å². The molecule has 4 aliphatic rings. The summed E-state index contributed by atoms with van der Waals surface area (Å²) in [5.41, 5.74) is 1.54. The van der Waals surface area contributed by atoms with E-state index in [2.05, 4.69) is 52.5 Å². The molecule has 4 fully saturated rings. The van der Waals surface area contributed by atoms with Crippen molar-refractivity contribution < 1.29 is 37.1 Å². The highest BCUT2D eigenvalue weighted by atomic mass is 19.3. The van der Waals surface area contributed by atoms with Gasteiger partial charge in [-0.15, -0.1) is 0 Å². The van der Waals surface area contributed by atoms with Crippen molar-refractivity contribution in [2.75, 3.05) is 48.3 Å². The number of aromatic nitrogens is 7. The van der Waals surface area contributed by atoms with E-state index in [-0.39, 0.29) is 47.7 Å². The van der Waals surface area contributed by atoms with Crippen LogP contribution in [0.5, 0.6) is 0 Å². The van der Waals surface area contributed by atoms with Crippen molar-refractivity contribution in [3.05, 3.63) is 59.8 Å². The molecule has 0 spiro atoms. The summed E-state index contributed by atoms with van der Waals surface area (Å²) >= 11 is 0. The number of hydrogen-bond donors (Lipinski definition) is 4. The van der Waals surface area contributed by atoms with Gasteiger partial charge in [-0.05, 0) is 102 Å². The molecule has 9 rings (SSSR count). The molecule has 67 heavy (non-hydrogen) atoms. The van der Waals surface area contributed by atoms with Crippen LogP contribution in [0.25, 0.3) is 16.6 Å². The van der Waals surface area contributed by atoms with Gasteiger partial charge in [0.15, 0.2) is 11.3 Å². The lowest BCUT2D eigenvalue weighted by atomic mass is 9.85. The summed E-state index contributed by atoms with van der Waals surface area (Å²) in [5, 5.41) is 25.5. The number of likely N-dealkylation sites (tertiary alicyclic amines) is 1. The van der Waals surface area contributed by atoms with Gasteiger partial charge >= 0.3 is 6.09 Å². The summed E-state index contributed by atoms with van der Waals surface area (Å²) in [7, 11) is 1.87. The quantitative estimate of drug-likeness (QED) is 0.109. The Morgan fingerprint density at radius 2 is 1.76 bits per heavy atom. The van der Waals surface area contributed by atoms with Gasteiger partial charge in [-0.2, -0.15) is 15.3 Å². The van der Waals surface area contributed by atoms with Crippen molar-refractivity contribution in [1.82, 2.24) is 49.7 Å². The molecule has 3 aliphatic heterocycles. The fourth-order valence-electron chi connectivity index (χ4n) is 10.0. The Hall–Kier alpha value is -6.25. The van der Waals surface area contributed by atoms with Crippen LogP contribution in [0.2, 0.25) is 0 Å². The van der Waals surface area contributed by atoms with E-state index >= 15 is 0 Å². The number of imide groups is 1. The van der Waals surface area contributed by atoms with Crippen LogP contribution in [0.1, 0.15) is 119 Å². The third-order valence-electron chi connectivity index (χ3n) is 13.5. The highest BCUT2D eigenvalue weighted by Gasteiger charge is 2.35. The number of alkyl carbamates (subject to hydrolysis) is 1. The SMILES string of the molecule is Cn1nc(C2CCC(=O)NC2=O)c2ccc(NC3CCN(CC4CCC(n5cc(NC(=O)c6cnn7ccc(N8CC[C@H](F)[C@@H](NC(=O)OC(C)(C)C)C8)nc67)c(C(F)F)n5)CC4)CC3)cc21. The molecule has 358 valence electrons. The maximum Gasteiger partial charge on any atom is 0.408 e. The number of benzene rings is 1. The minimum Gasteiger partial charge on any atom is -0.444 e. The molecule has 3 saturated heterocycles. The average molecular weight is 930 g/mol. The number of nitrogens with one attached hydrogen (secondary N) is 4. The summed E-state index contributed by atoms with van der Waals surface area (Å²) in [6.07, 6.45) is 5.75. The monoisotopic (exact) mass is 929 g/mol. The van der Waals surface area contributed by atoms with Crippen molar-refractivity contribution in [3.63, 3.8) is 0 Å². The van der Waals surface area contributed by atoms with Gasteiger partial charge in [0.05, 0.1) is 41.1 Å². The zero-order chi connectivity index (χ0) is 47.1. The second kappa shape index (κ2) is 18.8. The number of alkyl halides is 3. The summed E-state index contributed by atoms with van der Waals surface area (Å²) in [5.74, 6) is -0.757. The minimum absolute atomic E-state index is 0.0623. The minimum atomic E-state index is -2.92. The maximum absolute atomic E-state index is 14.9. The number of fused-ring (bicyclic) bond motifs is 2. The van der Waals surface area contributed by atoms with E-state index in [0.717, 1.165) is 74.7 Å². The van der Waals surface area contributed by atoms with Gasteiger partial charge in [0.1, 0.15) is 23.2 Å². The number of halogens is 3. The lowest BCUT2D eigenvalue weighted by molar-refractivity contribution is -0.134. The van der Waals surface area contributed by atoms with E-state index in [0.29, 0.717) is 42.9 Å². The first-order valence-electron chi connectivity index (χ1n) is 23.3. The Kier molecular flexibility index (Phi) is 12.9. The molecule has 4 aromatic heterocycles. The summed E-state index contributed by atoms with van der Waals surface area (Å²) < 4.78 is 53.8. The summed E-state index contributed by atoms with van der Waals surface area (Å²) in [4.78, 5) is 59.3. The van der Waals surface area contributed by atoms with Gasteiger partial charge in [0.25, 0.3) is 12.3 Å². The first-order chi connectivity index (χ1) is 32.0. The Morgan fingerprint density at radius 3 is 2.49 bits per heavy atom. The molecule has 5 aromatic rings. The fraction of sp³-hybridized carbons (Fsp3) is 0.565. The van der Waals surface area contributed by atoms with E-state index < -0.39 is 47.9 Å². The van der Waals surface area contributed by atoms with Crippen LogP contribution in [0.4, 0.5) is 35.2 Å². The molecule has 18 nitrogen and oxygen atoms in total. The molecule has 4 amide bonds. The van der Waals surface area contributed by atoms with Gasteiger partial charge in [-0.3, -0.25) is 29.1 Å². The largest absolute Gasteiger partial charge is 0.444 e. The van der Waals surface area contributed by atoms with Crippen LogP contribution in [-0.4, -0.2) is 119 Å². The first kappa shape index (κ1) is 45.9. The number of rotatable bonds is 11. The second-order valence-electron chi connectivity index (χ2n) is 19.4. The van der Waals surface area contributed by atoms with Crippen LogP contribution in [0.15, 0.2) is 42.9 Å². The van der Waals surface area contributed by atoms with Gasteiger partial charge in [0.2, 0.25) is 11.8 Å². The van der Waals surface area contributed by atoms with E-state index in [1.165, 1.54) is 16.9 Å². The normalized spacial score (nSPS) is 23.5. The third kappa shape index (κ3) is 10.2. The molecule has 0 radical (unpaired) electrons. The smallest absolute Gasteiger partial charge is 0.408 e. The Labute approximate surface area is 385 Å². The number of amides is 4. The summed E-state index contributed by atoms with van der Waals surface area (Å²) in [6, 6.07) is 7.16. The third-order valence-corrected chi connectivity index (χ3v) is 13.5. The number of nitrogens with zero attached hydrogens (tertiary/aromatic N) is 9. The van der Waals surface area contributed by atoms with Crippen LogP contribution in [0.3, 0.4) is 0 Å². The van der Waals surface area contributed by atoms with E-state index in [1.807, 2.05) is 19.2 Å². The van der Waals surface area contributed by atoms with Crippen LogP contribution < -0.4 is 26.2 Å². The number of aryl methyl sites for hydroxylation is 1. The molecule has 0 bridgehead atoms. The predicted molar refractivity (Wildman–Crippen MR) is 243 cm³/mol. The Morgan fingerprint density at radius 1 is 0.985 bits per heavy atom. The maximum atomic E-state index is 14.9. The van der Waals surface area contributed by atoms with Crippen molar-refractivity contribution in [2.45, 2.75) is 121 Å². The summed E-state index contributed by atoms with van der Waals surface area (Å²) in [6.45, 7) is 8.49. The molecule has 1 aromatic carbocycles. The molecule has 3 atom stereocenters. The zero-order valence-electron chi connectivity index (χ0n) is 38.2. The van der Waals surface area contributed by atoms with E-state index in [1.54, 1.807) is 47.3 Å². The first-order valence-corrected chi connectivity index (χ1v) is 23.3. The number of ether oxygens (including phenoxy) is 1. The molecule has 1 aliphatic carbocycles. The van der Waals surface area contributed by atoms with Crippen molar-refractivity contribution >= 4 is 57.6 Å². The van der Waals surface area contributed by atoms with Gasteiger partial charge in [-0.1, -0.05) is 0 Å². The standard InChI is InChI=1S/C46H58F3N13O5/c1-46(2,3)67-45(66)53-34-24-60(19-15-33(34)47)37-16-20-61-42(54-37)32(22-50-61)44(65)52-35-25-62(57-40(35)41(48)49)29-8-5-26(6-9-29)23-59-17-13-27(14-18-59)51-28-7-10-30-36(21-28)58(4)56-39(30)31-11-12-38(63)55-43(31)64/h7,10,16,20-22,25-27,29,31,33-34,41,51H,5-6,8-9,11-15,17-19,23-24H2,1-4H3,(H,52,65)(H,53,66)(H,55,63,64)/t26?,29?,31?,33-,34-/m0/s1. The lowest BCUT2D eigenvalue weighted by Gasteiger charge is -2.37. The van der Waals surface area contributed by atoms with Crippen LogP contribution in [0, 0.1) is 5.92 Å². The van der Waals surface area contributed by atoms with E-state index in [4.69, 9.17) is 4.74 Å². The highest BCUT2D eigenvalue weighted by molar-refractivity contribution is 6.08. The van der Waals surface area contributed by atoms with Gasteiger partial charge in [0, 0.05) is 75.7 Å². The molecule has 7 heterocycles. The fourth-order valence-corrected chi connectivity index (χ4v) is 10.0. The Bertz CT molecular complexity index is 2640. The lowest BCUT2D eigenvalue weighted by Crippen LogP contribution is -2.54. The predicted octanol–water partition coefficient (Wildman–Crippen LogP) is 6.27. The molecule has 21 heteroatoms. The number of anilines is 3. The molecule has 1 saturated carbocycles. The van der Waals surface area contributed by atoms with Crippen LogP contribution >= 0.6 is 0 Å². The number of carbonyl (C=O) groups excluding carboxylic acids is 4. The number of piperidine rings is 3. The van der Waals surface area contributed by atoms with Crippen LogP contribution in [-0.2, 0) is 21.4 Å². The van der Waals surface area contributed by atoms with Crippen molar-refractivity contribution in [2.24, 2.45) is 13.0 Å². The Balaban J connectivity index is 0.767. The molecular formula is C46H58F3N13O5. The highest BCUT2D eigenvalue weighted by Crippen LogP contribution is 2.37. The van der Waals surface area contributed by atoms with Gasteiger partial charge in [-0.25, -0.2) is 27.5 Å².